The Hall–Kier alpha value is -4.08. The van der Waals surface area contributed by atoms with Gasteiger partial charge in [0, 0.05) is 41.8 Å². The number of nitrogens with zero attached hydrogens (tertiary/aromatic N) is 1. The number of benzene rings is 3. The summed E-state index contributed by atoms with van der Waals surface area (Å²) in [7, 11) is 0. The van der Waals surface area contributed by atoms with Gasteiger partial charge in [0.25, 0.3) is 0 Å². The molecule has 0 fully saturated rings. The number of rotatable bonds is 11. The number of hydrogen-bond acceptors (Lipinski definition) is 7. The lowest BCUT2D eigenvalue weighted by Crippen LogP contribution is -2.03. The van der Waals surface area contributed by atoms with E-state index in [1.54, 1.807) is 48.5 Å². The van der Waals surface area contributed by atoms with Gasteiger partial charge in [-0.2, -0.15) is 0 Å². The normalized spacial score (nSPS) is 11.6. The second-order valence-electron chi connectivity index (χ2n) is 12.3. The molecule has 45 heavy (non-hydrogen) atoms. The Labute approximate surface area is 271 Å². The maximum absolute atomic E-state index is 15.1. The second kappa shape index (κ2) is 13.5. The standard InChI is InChI=1S/C36H38F2N4OS2/c1-19(2)5-7-21-9-11-23(25(37)17-21)27-13-15-29(44-27)31-33(39)34(40)32(36(42-43)35(31)41)30-16-14-28(45-30)24-12-10-22(18-26(24)38)8-6-20(3)4/h9-20H,5-8,39-41H2,1-4H3. The van der Waals surface area contributed by atoms with E-state index in [1.165, 1.54) is 22.7 Å². The fourth-order valence-corrected chi connectivity index (χ4v) is 7.58. The third kappa shape index (κ3) is 6.79. The minimum absolute atomic E-state index is 0.0368. The van der Waals surface area contributed by atoms with E-state index in [0.717, 1.165) is 36.8 Å². The molecule has 0 aliphatic heterocycles. The Morgan fingerprint density at radius 2 is 1.04 bits per heavy atom. The summed E-state index contributed by atoms with van der Waals surface area (Å²) in [5.74, 6) is 0.461. The number of nitrogen functional groups attached to an aromatic ring is 3. The molecule has 0 bridgehead atoms. The number of anilines is 3. The van der Waals surface area contributed by atoms with Crippen LogP contribution in [0.5, 0.6) is 0 Å². The van der Waals surface area contributed by atoms with Crippen LogP contribution in [0.3, 0.4) is 0 Å². The molecule has 0 saturated carbocycles. The number of thiophene rings is 2. The zero-order valence-corrected chi connectivity index (χ0v) is 27.5. The summed E-state index contributed by atoms with van der Waals surface area (Å²) in [4.78, 5) is 14.8. The van der Waals surface area contributed by atoms with Gasteiger partial charge in [0.15, 0.2) is 0 Å². The van der Waals surface area contributed by atoms with E-state index in [2.05, 4.69) is 32.9 Å². The Kier molecular flexibility index (Phi) is 9.70. The van der Waals surface area contributed by atoms with Crippen molar-refractivity contribution in [2.45, 2.75) is 53.4 Å². The molecular formula is C36H38F2N4OS2. The van der Waals surface area contributed by atoms with Crippen molar-refractivity contribution >= 4 is 45.4 Å². The van der Waals surface area contributed by atoms with Crippen LogP contribution in [0.25, 0.3) is 41.8 Å². The van der Waals surface area contributed by atoms with E-state index < -0.39 is 0 Å². The highest BCUT2D eigenvalue weighted by atomic mass is 32.1. The SMILES string of the molecule is CC(C)CCc1ccc(-c2ccc(-c3c(N)c(N)c(-c4ccc(-c5ccc(CCC(C)C)cc5F)s4)c(N=O)c3N)s2)c(F)c1. The fraction of sp³-hybridized carbons (Fsp3) is 0.278. The zero-order valence-electron chi connectivity index (χ0n) is 25.9. The molecular weight excluding hydrogens is 607 g/mol. The van der Waals surface area contributed by atoms with Crippen LogP contribution in [-0.2, 0) is 12.8 Å². The highest BCUT2D eigenvalue weighted by Gasteiger charge is 2.25. The first-order valence-corrected chi connectivity index (χ1v) is 16.7. The van der Waals surface area contributed by atoms with E-state index in [9.17, 15) is 4.91 Å². The van der Waals surface area contributed by atoms with Crippen LogP contribution in [0, 0.1) is 28.4 Å². The summed E-state index contributed by atoms with van der Waals surface area (Å²) in [6.45, 7) is 8.58. The summed E-state index contributed by atoms with van der Waals surface area (Å²) < 4.78 is 30.3. The number of nitrogens with two attached hydrogens (primary N) is 3. The van der Waals surface area contributed by atoms with Crippen molar-refractivity contribution < 1.29 is 8.78 Å². The predicted octanol–water partition coefficient (Wildman–Crippen LogP) is 11.1. The molecule has 0 amide bonds. The largest absolute Gasteiger partial charge is 0.396 e. The average Bonchev–Trinajstić information content (AvgIpc) is 3.67. The van der Waals surface area contributed by atoms with Gasteiger partial charge in [-0.05, 0) is 90.2 Å². The molecule has 6 N–H and O–H groups in total. The van der Waals surface area contributed by atoms with E-state index >= 15 is 8.78 Å². The summed E-state index contributed by atoms with van der Waals surface area (Å²) in [6.07, 6.45) is 3.60. The maximum Gasteiger partial charge on any atom is 0.142 e. The maximum atomic E-state index is 15.1. The summed E-state index contributed by atoms with van der Waals surface area (Å²) in [6, 6.07) is 17.8. The number of halogens is 2. The van der Waals surface area contributed by atoms with Crippen LogP contribution in [-0.4, -0.2) is 0 Å². The second-order valence-corrected chi connectivity index (χ2v) is 14.4. The average molecular weight is 645 g/mol. The van der Waals surface area contributed by atoms with Crippen molar-refractivity contribution in [3.05, 3.63) is 88.3 Å². The topological polar surface area (TPSA) is 107 Å². The van der Waals surface area contributed by atoms with Crippen LogP contribution in [0.2, 0.25) is 0 Å². The molecule has 2 heterocycles. The molecule has 0 radical (unpaired) electrons. The third-order valence-corrected chi connectivity index (χ3v) is 10.3. The fourth-order valence-electron chi connectivity index (χ4n) is 5.38. The molecule has 5 nitrogen and oxygen atoms in total. The molecule has 0 aliphatic carbocycles. The molecule has 0 spiro atoms. The molecule has 5 aromatic rings. The number of nitroso groups, excluding NO2 is 1. The zero-order chi connectivity index (χ0) is 32.4. The van der Waals surface area contributed by atoms with Crippen molar-refractivity contribution in [3.8, 4) is 41.8 Å². The molecule has 0 atom stereocenters. The molecule has 234 valence electrons. The van der Waals surface area contributed by atoms with Gasteiger partial charge in [-0.25, -0.2) is 8.78 Å². The Morgan fingerprint density at radius 1 is 0.622 bits per heavy atom. The first-order chi connectivity index (χ1) is 21.5. The lowest BCUT2D eigenvalue weighted by molar-refractivity contribution is 0.582. The van der Waals surface area contributed by atoms with Gasteiger partial charge in [0.2, 0.25) is 0 Å². The molecule has 3 aromatic carbocycles. The first-order valence-electron chi connectivity index (χ1n) is 15.1. The molecule has 9 heteroatoms. The third-order valence-electron chi connectivity index (χ3n) is 8.00. The van der Waals surface area contributed by atoms with Crippen molar-refractivity contribution in [2.24, 2.45) is 17.0 Å². The van der Waals surface area contributed by atoms with Crippen molar-refractivity contribution in [1.82, 2.24) is 0 Å². The van der Waals surface area contributed by atoms with Gasteiger partial charge < -0.3 is 17.2 Å². The van der Waals surface area contributed by atoms with E-state index in [1.807, 2.05) is 12.1 Å². The first kappa shape index (κ1) is 32.3. The van der Waals surface area contributed by atoms with Crippen LogP contribution in [0.15, 0.2) is 65.8 Å². The summed E-state index contributed by atoms with van der Waals surface area (Å²) >= 11 is 2.59. The minimum atomic E-state index is -0.309. The molecule has 0 saturated heterocycles. The Balaban J connectivity index is 1.48. The van der Waals surface area contributed by atoms with Crippen LogP contribution in [0.1, 0.15) is 51.7 Å². The van der Waals surface area contributed by atoms with Crippen LogP contribution < -0.4 is 17.2 Å². The molecule has 5 rings (SSSR count). The van der Waals surface area contributed by atoms with Gasteiger partial charge >= 0.3 is 0 Å². The van der Waals surface area contributed by atoms with Crippen molar-refractivity contribution in [1.29, 1.82) is 0 Å². The number of hydrogen-bond donors (Lipinski definition) is 3. The highest BCUT2D eigenvalue weighted by molar-refractivity contribution is 7.19. The van der Waals surface area contributed by atoms with E-state index in [-0.39, 0.29) is 34.4 Å². The van der Waals surface area contributed by atoms with Gasteiger partial charge in [0.1, 0.15) is 17.3 Å². The lowest BCUT2D eigenvalue weighted by Gasteiger charge is -2.16. The Bertz CT molecular complexity index is 1860. The molecule has 0 aliphatic rings. The Morgan fingerprint density at radius 3 is 1.47 bits per heavy atom. The van der Waals surface area contributed by atoms with Gasteiger partial charge in [-0.15, -0.1) is 27.6 Å². The monoisotopic (exact) mass is 644 g/mol. The predicted molar refractivity (Wildman–Crippen MR) is 189 cm³/mol. The van der Waals surface area contributed by atoms with Gasteiger partial charge in [0.05, 0.1) is 17.1 Å². The molecule has 2 aromatic heterocycles. The van der Waals surface area contributed by atoms with Gasteiger partial charge in [-0.3, -0.25) is 0 Å². The van der Waals surface area contributed by atoms with Crippen LogP contribution in [0.4, 0.5) is 31.5 Å². The van der Waals surface area contributed by atoms with E-state index in [4.69, 9.17) is 17.2 Å². The van der Waals surface area contributed by atoms with Crippen molar-refractivity contribution in [3.63, 3.8) is 0 Å². The quantitative estimate of drug-likeness (QED) is 0.0982. The number of aryl methyl sites for hydroxylation is 2. The lowest BCUT2D eigenvalue weighted by atomic mass is 9.99. The summed E-state index contributed by atoms with van der Waals surface area (Å²) in [5.41, 5.74) is 23.6. The molecule has 0 unspecified atom stereocenters. The smallest absolute Gasteiger partial charge is 0.142 e. The van der Waals surface area contributed by atoms with E-state index in [0.29, 0.717) is 53.6 Å². The summed E-state index contributed by atoms with van der Waals surface area (Å²) in [5, 5.41) is 3.27. The van der Waals surface area contributed by atoms with Crippen LogP contribution >= 0.6 is 22.7 Å². The van der Waals surface area contributed by atoms with Crippen molar-refractivity contribution in [2.75, 3.05) is 17.2 Å². The minimum Gasteiger partial charge on any atom is -0.396 e. The van der Waals surface area contributed by atoms with Gasteiger partial charge in [-0.1, -0.05) is 52.0 Å². The highest BCUT2D eigenvalue weighted by Crippen LogP contribution is 2.53.